The van der Waals surface area contributed by atoms with Crippen LogP contribution in [0.2, 0.25) is 0 Å². The topological polar surface area (TPSA) is 41.0 Å². The Kier molecular flexibility index (Phi) is 3.53. The molecule has 1 aliphatic rings. The van der Waals surface area contributed by atoms with Crippen LogP contribution >= 0.6 is 11.5 Å². The van der Waals surface area contributed by atoms with E-state index < -0.39 is 12.0 Å². The molecule has 1 fully saturated rings. The Labute approximate surface area is 101 Å². The lowest BCUT2D eigenvalue weighted by Crippen LogP contribution is -2.27. The Balaban J connectivity index is 1.77. The zero-order chi connectivity index (χ0) is 12.5. The lowest BCUT2D eigenvalue weighted by atomic mass is 10.5. The predicted octanol–water partition coefficient (Wildman–Crippen LogP) is 2.06. The first-order chi connectivity index (χ1) is 7.97. The molecule has 96 valence electrons. The summed E-state index contributed by atoms with van der Waals surface area (Å²) >= 11 is 0.741. The fourth-order valence-corrected chi connectivity index (χ4v) is 2.06. The molecule has 0 saturated heterocycles. The molecule has 0 bridgehead atoms. The molecule has 0 spiro atoms. The summed E-state index contributed by atoms with van der Waals surface area (Å²) in [6.45, 7) is 1.38. The van der Waals surface area contributed by atoms with Crippen molar-refractivity contribution in [3.63, 3.8) is 0 Å². The van der Waals surface area contributed by atoms with Crippen molar-refractivity contribution in [3.05, 3.63) is 5.82 Å². The number of halogens is 3. The van der Waals surface area contributed by atoms with Crippen LogP contribution in [0.4, 0.5) is 18.3 Å². The van der Waals surface area contributed by atoms with Gasteiger partial charge < -0.3 is 10.2 Å². The van der Waals surface area contributed by atoms with Gasteiger partial charge in [-0.1, -0.05) is 0 Å². The second-order valence-electron chi connectivity index (χ2n) is 4.06. The summed E-state index contributed by atoms with van der Waals surface area (Å²) in [5.74, 6) is -1.07. The summed E-state index contributed by atoms with van der Waals surface area (Å²) in [7, 11) is 2.01. The number of alkyl halides is 3. The maximum atomic E-state index is 12.2. The lowest BCUT2D eigenvalue weighted by Gasteiger charge is -2.15. The van der Waals surface area contributed by atoms with E-state index in [-0.39, 0.29) is 5.13 Å². The summed E-state index contributed by atoms with van der Waals surface area (Å²) in [5, 5.41) is 3.08. The van der Waals surface area contributed by atoms with Crippen molar-refractivity contribution in [2.24, 2.45) is 0 Å². The summed E-state index contributed by atoms with van der Waals surface area (Å²) in [6, 6.07) is 0.650. The highest BCUT2D eigenvalue weighted by Gasteiger charge is 2.36. The number of aromatic nitrogens is 2. The van der Waals surface area contributed by atoms with Gasteiger partial charge in [0.05, 0.1) is 0 Å². The van der Waals surface area contributed by atoms with Crippen molar-refractivity contribution in [1.82, 2.24) is 14.3 Å². The quantitative estimate of drug-likeness (QED) is 0.885. The van der Waals surface area contributed by atoms with Crippen LogP contribution in [-0.4, -0.2) is 40.4 Å². The fraction of sp³-hybridized carbons (Fsp3) is 0.778. The summed E-state index contributed by atoms with van der Waals surface area (Å²) < 4.78 is 39.9. The number of rotatable bonds is 5. The van der Waals surface area contributed by atoms with Gasteiger partial charge >= 0.3 is 6.18 Å². The highest BCUT2D eigenvalue weighted by atomic mass is 32.1. The zero-order valence-corrected chi connectivity index (χ0v) is 10.1. The fourth-order valence-electron chi connectivity index (χ4n) is 1.45. The molecule has 0 atom stereocenters. The third kappa shape index (κ3) is 3.53. The molecule has 1 aromatic heterocycles. The number of nitrogens with zero attached hydrogens (tertiary/aromatic N) is 3. The van der Waals surface area contributed by atoms with Crippen molar-refractivity contribution >= 4 is 16.7 Å². The molecule has 0 aromatic carbocycles. The average molecular weight is 266 g/mol. The Morgan fingerprint density at radius 2 is 2.18 bits per heavy atom. The Bertz CT molecular complexity index is 375. The molecule has 0 unspecified atom stereocenters. The van der Waals surface area contributed by atoms with Crippen LogP contribution in [0.1, 0.15) is 18.7 Å². The number of anilines is 1. The molecule has 0 radical (unpaired) electrons. The molecule has 0 amide bonds. The first kappa shape index (κ1) is 12.6. The van der Waals surface area contributed by atoms with Gasteiger partial charge in [-0.25, -0.2) is 0 Å². The maximum absolute atomic E-state index is 12.2. The van der Waals surface area contributed by atoms with E-state index in [0.717, 1.165) is 18.1 Å². The van der Waals surface area contributed by atoms with E-state index in [0.29, 0.717) is 12.6 Å². The van der Waals surface area contributed by atoms with Gasteiger partial charge in [-0.3, -0.25) is 0 Å². The van der Waals surface area contributed by atoms with Gasteiger partial charge in [-0.2, -0.15) is 22.5 Å². The number of hydrogen-bond donors (Lipinski definition) is 1. The van der Waals surface area contributed by atoms with E-state index >= 15 is 0 Å². The van der Waals surface area contributed by atoms with E-state index in [2.05, 4.69) is 19.6 Å². The van der Waals surface area contributed by atoms with Crippen molar-refractivity contribution < 1.29 is 13.2 Å². The third-order valence-corrected chi connectivity index (χ3v) is 3.26. The van der Waals surface area contributed by atoms with Gasteiger partial charge in [-0.05, 0) is 19.9 Å². The molecule has 1 saturated carbocycles. The minimum atomic E-state index is -4.46. The van der Waals surface area contributed by atoms with Crippen molar-refractivity contribution in [1.29, 1.82) is 0 Å². The molecular formula is C9H13F3N4S. The predicted molar refractivity (Wildman–Crippen MR) is 59.1 cm³/mol. The van der Waals surface area contributed by atoms with Crippen LogP contribution in [0.25, 0.3) is 0 Å². The van der Waals surface area contributed by atoms with Crippen LogP contribution in [0.15, 0.2) is 0 Å². The number of hydrogen-bond acceptors (Lipinski definition) is 5. The number of likely N-dealkylation sites (N-methyl/N-ethyl adjacent to an activating group) is 1. The summed E-state index contributed by atoms with van der Waals surface area (Å²) in [4.78, 5) is 5.58. The molecule has 0 aliphatic heterocycles. The van der Waals surface area contributed by atoms with Gasteiger partial charge in [-0.15, -0.1) is 0 Å². The minimum Gasteiger partial charge on any atom is -0.359 e. The van der Waals surface area contributed by atoms with E-state index in [9.17, 15) is 13.2 Å². The van der Waals surface area contributed by atoms with Crippen molar-refractivity contribution in [2.75, 3.05) is 25.5 Å². The van der Waals surface area contributed by atoms with Crippen LogP contribution in [-0.2, 0) is 6.18 Å². The molecule has 1 N–H and O–H groups in total. The molecule has 8 heteroatoms. The van der Waals surface area contributed by atoms with Gasteiger partial charge in [0, 0.05) is 30.7 Å². The van der Waals surface area contributed by atoms with E-state index in [1.807, 2.05) is 7.05 Å². The highest BCUT2D eigenvalue weighted by molar-refractivity contribution is 7.09. The Hall–Kier alpha value is -0.890. The largest absolute Gasteiger partial charge is 0.452 e. The monoisotopic (exact) mass is 266 g/mol. The van der Waals surface area contributed by atoms with Crippen LogP contribution in [0, 0.1) is 0 Å². The summed E-state index contributed by atoms with van der Waals surface area (Å²) in [5.41, 5.74) is 0. The van der Waals surface area contributed by atoms with Crippen LogP contribution in [0.5, 0.6) is 0 Å². The molecule has 1 aromatic rings. The third-order valence-electron chi connectivity index (χ3n) is 2.59. The minimum absolute atomic E-state index is 0.224. The lowest BCUT2D eigenvalue weighted by molar-refractivity contribution is -0.144. The smallest absolute Gasteiger partial charge is 0.359 e. The van der Waals surface area contributed by atoms with Gasteiger partial charge in [0.15, 0.2) is 0 Å². The van der Waals surface area contributed by atoms with Gasteiger partial charge in [0.25, 0.3) is 0 Å². The van der Waals surface area contributed by atoms with Gasteiger partial charge in [0.1, 0.15) is 0 Å². The van der Waals surface area contributed by atoms with Crippen LogP contribution in [0.3, 0.4) is 0 Å². The first-order valence-electron chi connectivity index (χ1n) is 5.32. The molecule has 17 heavy (non-hydrogen) atoms. The maximum Gasteiger partial charge on any atom is 0.452 e. The second-order valence-corrected chi connectivity index (χ2v) is 4.81. The van der Waals surface area contributed by atoms with Crippen molar-refractivity contribution in [2.45, 2.75) is 25.1 Å². The standard InChI is InChI=1S/C9H13F3N4S/c1-16(6-2-3-6)5-4-13-8-14-7(15-17-8)9(10,11)12/h6H,2-5H2,1H3,(H,13,14,15). The normalized spacial score (nSPS) is 16.5. The van der Waals surface area contributed by atoms with Crippen LogP contribution < -0.4 is 5.32 Å². The molecule has 1 heterocycles. The summed E-state index contributed by atoms with van der Waals surface area (Å²) in [6.07, 6.45) is -2.03. The molecule has 1 aliphatic carbocycles. The van der Waals surface area contributed by atoms with Gasteiger partial charge in [0.2, 0.25) is 11.0 Å². The Morgan fingerprint density at radius 1 is 1.47 bits per heavy atom. The molecular weight excluding hydrogens is 253 g/mol. The Morgan fingerprint density at radius 3 is 2.71 bits per heavy atom. The van der Waals surface area contributed by atoms with E-state index in [1.165, 1.54) is 12.8 Å². The molecule has 4 nitrogen and oxygen atoms in total. The first-order valence-corrected chi connectivity index (χ1v) is 6.09. The second kappa shape index (κ2) is 4.77. The van der Waals surface area contributed by atoms with E-state index in [4.69, 9.17) is 0 Å². The van der Waals surface area contributed by atoms with Crippen molar-refractivity contribution in [3.8, 4) is 0 Å². The highest BCUT2D eigenvalue weighted by Crippen LogP contribution is 2.29. The average Bonchev–Trinajstić information content (AvgIpc) is 2.97. The number of nitrogens with one attached hydrogen (secondary N) is 1. The SMILES string of the molecule is CN(CCNc1nc(C(F)(F)F)ns1)C1CC1. The van der Waals surface area contributed by atoms with E-state index in [1.54, 1.807) is 0 Å². The molecule has 2 rings (SSSR count). The zero-order valence-electron chi connectivity index (χ0n) is 9.29.